The van der Waals surface area contributed by atoms with Crippen LogP contribution in [0.15, 0.2) is 47.7 Å². The van der Waals surface area contributed by atoms with E-state index in [1.54, 1.807) is 24.5 Å². The molecule has 2 atom stereocenters. The highest BCUT2D eigenvalue weighted by Crippen LogP contribution is 2.37. The number of benzene rings is 1. The van der Waals surface area contributed by atoms with Gasteiger partial charge in [-0.1, -0.05) is 12.1 Å². The molecular weight excluding hydrogens is 339 g/mol. The Balaban J connectivity index is 2.19. The molecule has 3 amide bonds. The number of carbonyl (C=O) groups excluding carboxylic acids is 1. The Morgan fingerprint density at radius 3 is 2.73 bits per heavy atom. The second-order valence-corrected chi connectivity index (χ2v) is 5.72. The van der Waals surface area contributed by atoms with Crippen molar-refractivity contribution in [3.8, 4) is 17.2 Å². The Hall–Kier alpha value is -3.60. The lowest BCUT2D eigenvalue weighted by atomic mass is 9.86. The van der Waals surface area contributed by atoms with E-state index in [2.05, 4.69) is 9.98 Å². The quantitative estimate of drug-likeness (QED) is 0.888. The summed E-state index contributed by atoms with van der Waals surface area (Å²) in [6, 6.07) is 7.17. The average Bonchev–Trinajstić information content (AvgIpc) is 2.62. The second kappa shape index (κ2) is 6.72. The lowest BCUT2D eigenvalue weighted by Crippen LogP contribution is -2.46. The number of hydrogen-bond donors (Lipinski definition) is 1. The summed E-state index contributed by atoms with van der Waals surface area (Å²) in [7, 11) is 0. The standard InChI is InChI=1S/C18H13FN4O3/c1-10-14(8-20)16(23(18(25)26)17(24)22-10)13-7-11(4-5-15(13)19)12-3-2-6-21-9-12/h2-7,9,14,16H,1H3,(H,25,26). The van der Waals surface area contributed by atoms with Crippen molar-refractivity contribution in [1.29, 1.82) is 5.26 Å². The van der Waals surface area contributed by atoms with E-state index in [4.69, 9.17) is 0 Å². The summed E-state index contributed by atoms with van der Waals surface area (Å²) in [4.78, 5) is 31.6. The molecule has 0 saturated carbocycles. The molecule has 1 aromatic heterocycles. The van der Waals surface area contributed by atoms with Crippen LogP contribution in [-0.4, -0.2) is 32.8 Å². The molecule has 1 aromatic carbocycles. The lowest BCUT2D eigenvalue weighted by molar-refractivity contribution is 0.128. The molecule has 2 aromatic rings. The minimum Gasteiger partial charge on any atom is -0.465 e. The number of pyridine rings is 1. The molecule has 2 unspecified atom stereocenters. The fourth-order valence-corrected chi connectivity index (χ4v) is 2.94. The van der Waals surface area contributed by atoms with Crippen LogP contribution in [0.5, 0.6) is 0 Å². The van der Waals surface area contributed by atoms with Gasteiger partial charge < -0.3 is 5.11 Å². The van der Waals surface area contributed by atoms with Gasteiger partial charge in [-0.15, -0.1) is 0 Å². The molecule has 0 radical (unpaired) electrons. The SMILES string of the molecule is CC1=NC(=O)N(C(=O)O)C(c2cc(-c3cccnc3)ccc2F)C1C#N. The van der Waals surface area contributed by atoms with Crippen LogP contribution in [0.1, 0.15) is 18.5 Å². The minimum atomic E-state index is -1.59. The zero-order valence-electron chi connectivity index (χ0n) is 13.6. The molecule has 130 valence electrons. The van der Waals surface area contributed by atoms with E-state index in [9.17, 15) is 24.3 Å². The van der Waals surface area contributed by atoms with Crippen LogP contribution in [0.2, 0.25) is 0 Å². The maximum atomic E-state index is 14.6. The first-order valence-electron chi connectivity index (χ1n) is 7.64. The molecule has 26 heavy (non-hydrogen) atoms. The molecule has 0 aliphatic carbocycles. The molecule has 1 aliphatic heterocycles. The van der Waals surface area contributed by atoms with E-state index < -0.39 is 29.9 Å². The van der Waals surface area contributed by atoms with E-state index >= 15 is 0 Å². The fourth-order valence-electron chi connectivity index (χ4n) is 2.94. The van der Waals surface area contributed by atoms with Gasteiger partial charge in [-0.05, 0) is 30.7 Å². The number of nitrogens with zero attached hydrogens (tertiary/aromatic N) is 4. The molecule has 8 heteroatoms. The number of carboxylic acid groups (broad SMARTS) is 1. The molecule has 1 N–H and O–H groups in total. The van der Waals surface area contributed by atoms with Gasteiger partial charge >= 0.3 is 12.1 Å². The predicted octanol–water partition coefficient (Wildman–Crippen LogP) is 3.64. The number of rotatable bonds is 2. The monoisotopic (exact) mass is 352 g/mol. The Kier molecular flexibility index (Phi) is 4.45. The Morgan fingerprint density at radius 2 is 2.12 bits per heavy atom. The molecule has 3 rings (SSSR count). The van der Waals surface area contributed by atoms with Gasteiger partial charge in [-0.2, -0.15) is 5.26 Å². The predicted molar refractivity (Wildman–Crippen MR) is 89.8 cm³/mol. The van der Waals surface area contributed by atoms with Crippen LogP contribution >= 0.6 is 0 Å². The molecule has 7 nitrogen and oxygen atoms in total. The van der Waals surface area contributed by atoms with Crippen LogP contribution in [0.3, 0.4) is 0 Å². The number of aliphatic imine (C=N–C) groups is 1. The van der Waals surface area contributed by atoms with E-state index in [1.807, 2.05) is 6.07 Å². The van der Waals surface area contributed by atoms with E-state index in [0.717, 1.165) is 0 Å². The first-order valence-corrected chi connectivity index (χ1v) is 7.64. The van der Waals surface area contributed by atoms with E-state index in [0.29, 0.717) is 16.0 Å². The third kappa shape index (κ3) is 2.91. The first kappa shape index (κ1) is 17.2. The third-order valence-corrected chi connectivity index (χ3v) is 4.18. The van der Waals surface area contributed by atoms with Gasteiger partial charge in [-0.25, -0.2) is 23.9 Å². The highest BCUT2D eigenvalue weighted by atomic mass is 19.1. The number of imide groups is 1. The number of halogens is 1. The number of urea groups is 1. The summed E-state index contributed by atoms with van der Waals surface area (Å²) in [6.45, 7) is 1.45. The zero-order valence-corrected chi connectivity index (χ0v) is 13.6. The van der Waals surface area contributed by atoms with Gasteiger partial charge in [0.15, 0.2) is 0 Å². The van der Waals surface area contributed by atoms with Crippen molar-refractivity contribution in [2.24, 2.45) is 10.9 Å². The minimum absolute atomic E-state index is 0.0668. The normalized spacial score (nSPS) is 19.7. The van der Waals surface area contributed by atoms with Crippen molar-refractivity contribution in [1.82, 2.24) is 9.88 Å². The van der Waals surface area contributed by atoms with Gasteiger partial charge in [0.2, 0.25) is 0 Å². The van der Waals surface area contributed by atoms with Crippen molar-refractivity contribution in [3.63, 3.8) is 0 Å². The Labute approximate surface area is 148 Å². The Bertz CT molecular complexity index is 953. The molecule has 0 spiro atoms. The van der Waals surface area contributed by atoms with Crippen LogP contribution in [0.25, 0.3) is 11.1 Å². The van der Waals surface area contributed by atoms with Gasteiger partial charge in [0.25, 0.3) is 0 Å². The summed E-state index contributed by atoms with van der Waals surface area (Å²) in [5, 5.41) is 18.9. The van der Waals surface area contributed by atoms with Crippen LogP contribution in [0.4, 0.5) is 14.0 Å². The average molecular weight is 352 g/mol. The summed E-state index contributed by atoms with van der Waals surface area (Å²) < 4.78 is 14.6. The largest absolute Gasteiger partial charge is 0.465 e. The van der Waals surface area contributed by atoms with Crippen molar-refractivity contribution in [2.75, 3.05) is 0 Å². The highest BCUT2D eigenvalue weighted by Gasteiger charge is 2.43. The van der Waals surface area contributed by atoms with Crippen molar-refractivity contribution < 1.29 is 19.1 Å². The Morgan fingerprint density at radius 1 is 1.35 bits per heavy atom. The summed E-state index contributed by atoms with van der Waals surface area (Å²) in [5.74, 6) is -1.79. The lowest BCUT2D eigenvalue weighted by Gasteiger charge is -2.33. The number of aromatic nitrogens is 1. The second-order valence-electron chi connectivity index (χ2n) is 5.72. The number of carbonyl (C=O) groups is 2. The first-order chi connectivity index (χ1) is 12.4. The molecule has 2 heterocycles. The van der Waals surface area contributed by atoms with E-state index in [-0.39, 0.29) is 11.3 Å². The summed E-state index contributed by atoms with van der Waals surface area (Å²) in [5.41, 5.74) is 1.36. The summed E-state index contributed by atoms with van der Waals surface area (Å²) in [6.07, 6.45) is 1.57. The molecule has 0 saturated heterocycles. The van der Waals surface area contributed by atoms with Crippen LogP contribution < -0.4 is 0 Å². The van der Waals surface area contributed by atoms with E-state index in [1.165, 1.54) is 25.1 Å². The van der Waals surface area contributed by atoms with Crippen molar-refractivity contribution >= 4 is 17.8 Å². The molecule has 1 aliphatic rings. The van der Waals surface area contributed by atoms with Crippen molar-refractivity contribution in [2.45, 2.75) is 13.0 Å². The maximum Gasteiger partial charge on any atom is 0.416 e. The van der Waals surface area contributed by atoms with Crippen LogP contribution in [-0.2, 0) is 0 Å². The van der Waals surface area contributed by atoms with Gasteiger partial charge in [0.1, 0.15) is 11.7 Å². The van der Waals surface area contributed by atoms with Gasteiger partial charge in [-0.3, -0.25) is 4.98 Å². The molecule has 0 bridgehead atoms. The van der Waals surface area contributed by atoms with Crippen LogP contribution in [0, 0.1) is 23.1 Å². The van der Waals surface area contributed by atoms with Crippen molar-refractivity contribution in [3.05, 3.63) is 54.1 Å². The molecular formula is C18H13FN4O3. The number of hydrogen-bond acceptors (Lipinski definition) is 4. The van der Waals surface area contributed by atoms with Gasteiger partial charge in [0.05, 0.1) is 12.1 Å². The highest BCUT2D eigenvalue weighted by molar-refractivity contribution is 6.04. The van der Waals surface area contributed by atoms with Gasteiger partial charge in [0, 0.05) is 29.2 Å². The third-order valence-electron chi connectivity index (χ3n) is 4.18. The summed E-state index contributed by atoms with van der Waals surface area (Å²) >= 11 is 0. The zero-order chi connectivity index (χ0) is 18.8. The maximum absolute atomic E-state index is 14.6. The number of amides is 3. The fraction of sp³-hybridized carbons (Fsp3) is 0.167. The topological polar surface area (TPSA) is 107 Å². The molecule has 0 fully saturated rings. The number of nitriles is 1. The smallest absolute Gasteiger partial charge is 0.416 e.